The second-order valence-corrected chi connectivity index (χ2v) is 3.48. The minimum absolute atomic E-state index is 0.129. The Morgan fingerprint density at radius 2 is 1.81 bits per heavy atom. The van der Waals surface area contributed by atoms with Crippen LogP contribution in [0, 0.1) is 34.5 Å². The molecule has 0 aliphatic heterocycles. The molecule has 80 valence electrons. The molecule has 0 bridgehead atoms. The number of benzene rings is 1. The van der Waals surface area contributed by atoms with Crippen LogP contribution in [0.1, 0.15) is 23.7 Å². The van der Waals surface area contributed by atoms with Crippen LogP contribution in [0.4, 0.5) is 0 Å². The van der Waals surface area contributed by atoms with Gasteiger partial charge in [0.2, 0.25) is 0 Å². The summed E-state index contributed by atoms with van der Waals surface area (Å²) in [5.41, 5.74) is 0.560. The number of carbonyl (C=O) groups excluding carboxylic acids is 1. The summed E-state index contributed by atoms with van der Waals surface area (Å²) in [6.07, 6.45) is 0.500. The van der Waals surface area contributed by atoms with Gasteiger partial charge in [-0.3, -0.25) is 4.79 Å². The van der Waals surface area contributed by atoms with Crippen molar-refractivity contribution in [3.05, 3.63) is 35.9 Å². The fraction of sp³-hybridized carbons (Fsp3) is 0.308. The third-order valence-corrected chi connectivity index (χ3v) is 2.52. The Kier molecular flexibility index (Phi) is 4.24. The number of nitriles is 2. The lowest BCUT2D eigenvalue weighted by Crippen LogP contribution is -2.21. The van der Waals surface area contributed by atoms with E-state index in [1.165, 1.54) is 0 Å². The topological polar surface area (TPSA) is 64.7 Å². The average Bonchev–Trinajstić information content (AvgIpc) is 2.36. The summed E-state index contributed by atoms with van der Waals surface area (Å²) >= 11 is 0. The molecule has 0 radical (unpaired) electrons. The summed E-state index contributed by atoms with van der Waals surface area (Å²) in [5, 5.41) is 17.6. The van der Waals surface area contributed by atoms with Crippen LogP contribution in [0.5, 0.6) is 0 Å². The number of hydrogen-bond donors (Lipinski definition) is 0. The largest absolute Gasteiger partial charge is 0.294 e. The quantitative estimate of drug-likeness (QED) is 0.720. The Bertz CT molecular complexity index is 425. The summed E-state index contributed by atoms with van der Waals surface area (Å²) in [4.78, 5) is 12.0. The third kappa shape index (κ3) is 2.46. The first kappa shape index (κ1) is 11.9. The van der Waals surface area contributed by atoms with Crippen molar-refractivity contribution in [1.82, 2.24) is 0 Å². The summed E-state index contributed by atoms with van der Waals surface area (Å²) < 4.78 is 0. The van der Waals surface area contributed by atoms with Gasteiger partial charge in [-0.25, -0.2) is 0 Å². The van der Waals surface area contributed by atoms with Crippen molar-refractivity contribution in [2.24, 2.45) is 11.8 Å². The van der Waals surface area contributed by atoms with Crippen LogP contribution in [0.2, 0.25) is 0 Å². The molecule has 1 rings (SSSR count). The molecule has 3 nitrogen and oxygen atoms in total. The van der Waals surface area contributed by atoms with Crippen LogP contribution in [0.25, 0.3) is 0 Å². The van der Waals surface area contributed by atoms with E-state index in [-0.39, 0.29) is 5.78 Å². The van der Waals surface area contributed by atoms with E-state index in [1.807, 2.05) is 25.1 Å². The van der Waals surface area contributed by atoms with Gasteiger partial charge in [0, 0.05) is 5.56 Å². The minimum atomic E-state index is -0.863. The average molecular weight is 212 g/mol. The number of carbonyl (C=O) groups is 1. The molecule has 0 saturated heterocycles. The molecule has 0 fully saturated rings. The monoisotopic (exact) mass is 212 g/mol. The molecule has 0 N–H and O–H groups in total. The highest BCUT2D eigenvalue weighted by molar-refractivity contribution is 5.98. The van der Waals surface area contributed by atoms with Crippen LogP contribution < -0.4 is 0 Å². The molecule has 0 aliphatic rings. The maximum Gasteiger partial charge on any atom is 0.168 e. The Morgan fingerprint density at radius 1 is 1.25 bits per heavy atom. The second kappa shape index (κ2) is 5.68. The Balaban J connectivity index is 2.96. The van der Waals surface area contributed by atoms with E-state index in [1.54, 1.807) is 24.3 Å². The van der Waals surface area contributed by atoms with Crippen LogP contribution in [0.15, 0.2) is 30.3 Å². The molecule has 0 spiro atoms. The van der Waals surface area contributed by atoms with Crippen molar-refractivity contribution in [1.29, 1.82) is 10.5 Å². The number of ketones is 1. The molecule has 1 atom stereocenters. The first-order valence-electron chi connectivity index (χ1n) is 5.13. The standard InChI is InChI=1S/C13H12N2O/c1-2-12(11(8-14)9-15)13(16)10-6-4-3-5-7-10/h3-7,11-12H,2H2,1H3. The maximum absolute atomic E-state index is 12.0. The van der Waals surface area contributed by atoms with Gasteiger partial charge in [-0.1, -0.05) is 37.3 Å². The normalized spacial score (nSPS) is 11.5. The molecule has 0 amide bonds. The number of Topliss-reactive ketones (excluding diaryl/α,β-unsaturated/α-hetero) is 1. The van der Waals surface area contributed by atoms with E-state index in [4.69, 9.17) is 10.5 Å². The zero-order valence-electron chi connectivity index (χ0n) is 9.05. The van der Waals surface area contributed by atoms with Gasteiger partial charge in [0.25, 0.3) is 0 Å². The predicted octanol–water partition coefficient (Wildman–Crippen LogP) is 2.56. The lowest BCUT2D eigenvalue weighted by Gasteiger charge is -2.13. The fourth-order valence-corrected chi connectivity index (χ4v) is 1.60. The number of nitrogens with zero attached hydrogens (tertiary/aromatic N) is 2. The second-order valence-electron chi connectivity index (χ2n) is 3.48. The number of hydrogen-bond acceptors (Lipinski definition) is 3. The molecule has 0 heterocycles. The van der Waals surface area contributed by atoms with Gasteiger partial charge >= 0.3 is 0 Å². The van der Waals surface area contributed by atoms with Crippen molar-refractivity contribution < 1.29 is 4.79 Å². The van der Waals surface area contributed by atoms with E-state index in [0.29, 0.717) is 12.0 Å². The maximum atomic E-state index is 12.0. The minimum Gasteiger partial charge on any atom is -0.294 e. The van der Waals surface area contributed by atoms with E-state index >= 15 is 0 Å². The van der Waals surface area contributed by atoms with Crippen LogP contribution in [-0.2, 0) is 0 Å². The SMILES string of the molecule is CCC(C(=O)c1ccccc1)C(C#N)C#N. The predicted molar refractivity (Wildman–Crippen MR) is 59.3 cm³/mol. The fourth-order valence-electron chi connectivity index (χ4n) is 1.60. The van der Waals surface area contributed by atoms with Crippen molar-refractivity contribution in [3.8, 4) is 12.1 Å². The van der Waals surface area contributed by atoms with Gasteiger partial charge in [-0.2, -0.15) is 10.5 Å². The molecule has 1 unspecified atom stereocenters. The lowest BCUT2D eigenvalue weighted by atomic mass is 9.85. The zero-order valence-corrected chi connectivity index (χ0v) is 9.05. The smallest absolute Gasteiger partial charge is 0.168 e. The van der Waals surface area contributed by atoms with E-state index < -0.39 is 11.8 Å². The van der Waals surface area contributed by atoms with Gasteiger partial charge in [0.1, 0.15) is 5.92 Å². The zero-order chi connectivity index (χ0) is 12.0. The molecule has 3 heteroatoms. The highest BCUT2D eigenvalue weighted by Gasteiger charge is 2.27. The molecule has 1 aromatic rings. The molecule has 16 heavy (non-hydrogen) atoms. The van der Waals surface area contributed by atoms with E-state index in [2.05, 4.69) is 0 Å². The van der Waals surface area contributed by atoms with Gasteiger partial charge < -0.3 is 0 Å². The highest BCUT2D eigenvalue weighted by atomic mass is 16.1. The van der Waals surface area contributed by atoms with Gasteiger partial charge in [-0.05, 0) is 6.42 Å². The summed E-state index contributed by atoms with van der Waals surface area (Å²) in [6.45, 7) is 1.81. The summed E-state index contributed by atoms with van der Waals surface area (Å²) in [7, 11) is 0. The van der Waals surface area contributed by atoms with Crippen LogP contribution in [-0.4, -0.2) is 5.78 Å². The molecule has 0 saturated carbocycles. The van der Waals surface area contributed by atoms with Crippen molar-refractivity contribution in [2.45, 2.75) is 13.3 Å². The van der Waals surface area contributed by atoms with Crippen LogP contribution >= 0.6 is 0 Å². The van der Waals surface area contributed by atoms with Crippen molar-refractivity contribution in [2.75, 3.05) is 0 Å². The van der Waals surface area contributed by atoms with Gasteiger partial charge in [0.15, 0.2) is 5.78 Å². The van der Waals surface area contributed by atoms with Gasteiger partial charge in [0.05, 0.1) is 18.1 Å². The lowest BCUT2D eigenvalue weighted by molar-refractivity contribution is 0.0902. The first-order valence-corrected chi connectivity index (χ1v) is 5.13. The van der Waals surface area contributed by atoms with Crippen LogP contribution in [0.3, 0.4) is 0 Å². The molecule has 1 aromatic carbocycles. The Hall–Kier alpha value is -2.13. The van der Waals surface area contributed by atoms with E-state index in [0.717, 1.165) is 0 Å². The van der Waals surface area contributed by atoms with E-state index in [9.17, 15) is 4.79 Å². The Labute approximate surface area is 94.9 Å². The van der Waals surface area contributed by atoms with Gasteiger partial charge in [-0.15, -0.1) is 0 Å². The molecular formula is C13H12N2O. The first-order chi connectivity index (χ1) is 7.74. The third-order valence-electron chi connectivity index (χ3n) is 2.52. The summed E-state index contributed by atoms with van der Waals surface area (Å²) in [5.74, 6) is -1.52. The van der Waals surface area contributed by atoms with Crippen molar-refractivity contribution >= 4 is 5.78 Å². The summed E-state index contributed by atoms with van der Waals surface area (Å²) in [6, 6.07) is 12.5. The molecule has 0 aromatic heterocycles. The molecular weight excluding hydrogens is 200 g/mol. The highest BCUT2D eigenvalue weighted by Crippen LogP contribution is 2.20. The molecule has 0 aliphatic carbocycles. The Morgan fingerprint density at radius 3 is 2.25 bits per heavy atom. The van der Waals surface area contributed by atoms with Crippen molar-refractivity contribution in [3.63, 3.8) is 0 Å². The number of rotatable bonds is 4.